The molecule has 0 spiro atoms. The van der Waals surface area contributed by atoms with E-state index in [2.05, 4.69) is 13.2 Å². The lowest BCUT2D eigenvalue weighted by Crippen LogP contribution is -2.37. The molecule has 29 heavy (non-hydrogen) atoms. The van der Waals surface area contributed by atoms with Crippen molar-refractivity contribution in [1.82, 2.24) is 0 Å². The van der Waals surface area contributed by atoms with E-state index in [0.29, 0.717) is 11.1 Å². The van der Waals surface area contributed by atoms with Crippen LogP contribution in [0.15, 0.2) is 61.7 Å². The maximum absolute atomic E-state index is 10.6. The molecule has 0 aliphatic carbocycles. The Morgan fingerprint density at radius 3 is 1.21 bits per heavy atom. The maximum atomic E-state index is 10.6. The van der Waals surface area contributed by atoms with Crippen LogP contribution in [0.3, 0.4) is 0 Å². The van der Waals surface area contributed by atoms with Crippen LogP contribution in [0, 0.1) is 0 Å². The SMILES string of the molecule is C=Cc1ccc(C(OC(c2ccc(C=C)cc2)C(O)C(C)O)C(O)C(C)O)cc1. The fourth-order valence-corrected chi connectivity index (χ4v) is 3.02. The quantitative estimate of drug-likeness (QED) is 0.493. The van der Waals surface area contributed by atoms with Crippen molar-refractivity contribution < 1.29 is 25.2 Å². The van der Waals surface area contributed by atoms with Gasteiger partial charge in [0, 0.05) is 0 Å². The summed E-state index contributed by atoms with van der Waals surface area (Å²) < 4.78 is 6.14. The van der Waals surface area contributed by atoms with Crippen molar-refractivity contribution >= 4 is 12.2 Å². The number of benzene rings is 2. The number of hydrogen-bond donors (Lipinski definition) is 4. The molecule has 0 bridgehead atoms. The predicted octanol–water partition coefficient (Wildman–Crippen LogP) is 3.26. The number of rotatable bonds is 10. The zero-order valence-corrected chi connectivity index (χ0v) is 16.8. The average Bonchev–Trinajstić information content (AvgIpc) is 2.74. The van der Waals surface area contributed by atoms with Crippen molar-refractivity contribution in [3.8, 4) is 0 Å². The number of ether oxygens (including phenoxy) is 1. The highest BCUT2D eigenvalue weighted by Crippen LogP contribution is 2.34. The zero-order chi connectivity index (χ0) is 21.6. The van der Waals surface area contributed by atoms with Crippen LogP contribution in [0.5, 0.6) is 0 Å². The molecule has 0 amide bonds. The molecular formula is C24H30O5. The second-order valence-corrected chi connectivity index (χ2v) is 7.18. The van der Waals surface area contributed by atoms with Gasteiger partial charge in [-0.05, 0) is 36.1 Å². The van der Waals surface area contributed by atoms with Gasteiger partial charge in [-0.25, -0.2) is 0 Å². The molecular weight excluding hydrogens is 368 g/mol. The fourth-order valence-electron chi connectivity index (χ4n) is 3.02. The highest BCUT2D eigenvalue weighted by atomic mass is 16.5. The second-order valence-electron chi connectivity index (χ2n) is 7.18. The smallest absolute Gasteiger partial charge is 0.112 e. The van der Waals surface area contributed by atoms with Crippen LogP contribution in [0.2, 0.25) is 0 Å². The normalized spacial score (nSPS) is 17.6. The molecule has 2 aromatic rings. The molecule has 2 rings (SSSR count). The van der Waals surface area contributed by atoms with Gasteiger partial charge in [-0.3, -0.25) is 0 Å². The Labute approximate surface area is 172 Å². The molecule has 5 heteroatoms. The van der Waals surface area contributed by atoms with Gasteiger partial charge in [-0.15, -0.1) is 0 Å². The van der Waals surface area contributed by atoms with Gasteiger partial charge in [-0.1, -0.05) is 73.8 Å². The molecule has 156 valence electrons. The number of hydrogen-bond acceptors (Lipinski definition) is 5. The minimum Gasteiger partial charge on any atom is -0.391 e. The molecule has 0 saturated carbocycles. The summed E-state index contributed by atoms with van der Waals surface area (Å²) in [7, 11) is 0. The maximum Gasteiger partial charge on any atom is 0.112 e. The van der Waals surface area contributed by atoms with Gasteiger partial charge < -0.3 is 25.2 Å². The van der Waals surface area contributed by atoms with Crippen molar-refractivity contribution in [2.75, 3.05) is 0 Å². The van der Waals surface area contributed by atoms with E-state index < -0.39 is 36.6 Å². The number of aliphatic hydroxyl groups excluding tert-OH is 4. The highest BCUT2D eigenvalue weighted by molar-refractivity contribution is 5.48. The monoisotopic (exact) mass is 398 g/mol. The van der Waals surface area contributed by atoms with Crippen LogP contribution >= 0.6 is 0 Å². The first-order chi connectivity index (χ1) is 13.8. The van der Waals surface area contributed by atoms with E-state index in [9.17, 15) is 20.4 Å². The summed E-state index contributed by atoms with van der Waals surface area (Å²) in [6.45, 7) is 10.4. The third kappa shape index (κ3) is 5.85. The van der Waals surface area contributed by atoms with Crippen molar-refractivity contribution in [1.29, 1.82) is 0 Å². The zero-order valence-electron chi connectivity index (χ0n) is 16.8. The summed E-state index contributed by atoms with van der Waals surface area (Å²) >= 11 is 0. The molecule has 0 aromatic heterocycles. The van der Waals surface area contributed by atoms with E-state index in [1.165, 1.54) is 13.8 Å². The molecule has 0 aliphatic rings. The second kappa shape index (κ2) is 10.5. The molecule has 5 nitrogen and oxygen atoms in total. The predicted molar refractivity (Wildman–Crippen MR) is 115 cm³/mol. The molecule has 0 fully saturated rings. The average molecular weight is 398 g/mol. The summed E-state index contributed by atoms with van der Waals surface area (Å²) in [5.74, 6) is 0. The standard InChI is InChI=1S/C24H30O5/c1-5-17-7-11-19(12-8-17)23(21(27)15(3)25)29-24(22(28)16(4)26)20-13-9-18(6-2)10-14-20/h5-16,21-28H,1-2H2,3-4H3. The molecule has 0 saturated heterocycles. The first-order valence-electron chi connectivity index (χ1n) is 9.61. The van der Waals surface area contributed by atoms with Crippen molar-refractivity contribution in [2.45, 2.75) is 50.5 Å². The van der Waals surface area contributed by atoms with Crippen LogP contribution < -0.4 is 0 Å². The van der Waals surface area contributed by atoms with Crippen molar-refractivity contribution in [3.63, 3.8) is 0 Å². The van der Waals surface area contributed by atoms with E-state index in [4.69, 9.17) is 4.74 Å². The topological polar surface area (TPSA) is 90.2 Å². The van der Waals surface area contributed by atoms with Crippen LogP contribution in [0.25, 0.3) is 12.2 Å². The molecule has 0 radical (unpaired) electrons. The lowest BCUT2D eigenvalue weighted by atomic mass is 9.96. The van der Waals surface area contributed by atoms with Crippen LogP contribution in [0.4, 0.5) is 0 Å². The minimum atomic E-state index is -1.24. The van der Waals surface area contributed by atoms with Crippen LogP contribution in [-0.4, -0.2) is 44.8 Å². The Kier molecular flexibility index (Phi) is 8.32. The molecule has 6 unspecified atom stereocenters. The van der Waals surface area contributed by atoms with Gasteiger partial charge in [-0.2, -0.15) is 0 Å². The van der Waals surface area contributed by atoms with E-state index >= 15 is 0 Å². The molecule has 6 atom stereocenters. The fraction of sp³-hybridized carbons (Fsp3) is 0.333. The Bertz CT molecular complexity index is 712. The summed E-state index contributed by atoms with van der Waals surface area (Å²) in [5, 5.41) is 41.2. The lowest BCUT2D eigenvalue weighted by Gasteiger charge is -2.33. The molecule has 4 N–H and O–H groups in total. The van der Waals surface area contributed by atoms with Gasteiger partial charge in [0.1, 0.15) is 24.4 Å². The van der Waals surface area contributed by atoms with Gasteiger partial charge in [0.2, 0.25) is 0 Å². The van der Waals surface area contributed by atoms with E-state index in [0.717, 1.165) is 11.1 Å². The molecule has 2 aromatic carbocycles. The summed E-state index contributed by atoms with van der Waals surface area (Å²) in [6, 6.07) is 14.4. The minimum absolute atomic E-state index is 0.634. The summed E-state index contributed by atoms with van der Waals surface area (Å²) in [4.78, 5) is 0. The Morgan fingerprint density at radius 2 is 0.966 bits per heavy atom. The molecule has 0 heterocycles. The van der Waals surface area contributed by atoms with Gasteiger partial charge in [0.25, 0.3) is 0 Å². The highest BCUT2D eigenvalue weighted by Gasteiger charge is 2.34. The Balaban J connectivity index is 2.44. The first-order valence-corrected chi connectivity index (χ1v) is 9.61. The van der Waals surface area contributed by atoms with E-state index in [1.54, 1.807) is 36.4 Å². The largest absolute Gasteiger partial charge is 0.391 e. The third-order valence-corrected chi connectivity index (χ3v) is 4.90. The first kappa shape index (κ1) is 23.0. The van der Waals surface area contributed by atoms with E-state index in [-0.39, 0.29) is 0 Å². The Morgan fingerprint density at radius 1 is 0.655 bits per heavy atom. The Hall–Kier alpha value is -2.28. The van der Waals surface area contributed by atoms with Crippen LogP contribution in [0.1, 0.15) is 48.3 Å². The van der Waals surface area contributed by atoms with Gasteiger partial charge >= 0.3 is 0 Å². The summed E-state index contributed by atoms with van der Waals surface area (Å²) in [5.41, 5.74) is 3.07. The summed E-state index contributed by atoms with van der Waals surface area (Å²) in [6.07, 6.45) is -3.05. The third-order valence-electron chi connectivity index (χ3n) is 4.90. The van der Waals surface area contributed by atoms with Crippen LogP contribution in [-0.2, 0) is 4.74 Å². The van der Waals surface area contributed by atoms with Gasteiger partial charge in [0.15, 0.2) is 0 Å². The molecule has 0 aliphatic heterocycles. The lowest BCUT2D eigenvalue weighted by molar-refractivity contribution is -0.159. The number of aliphatic hydroxyl groups is 4. The van der Waals surface area contributed by atoms with Crippen molar-refractivity contribution in [3.05, 3.63) is 83.9 Å². The van der Waals surface area contributed by atoms with Crippen molar-refractivity contribution in [2.24, 2.45) is 0 Å². The van der Waals surface area contributed by atoms with Gasteiger partial charge in [0.05, 0.1) is 12.2 Å². The van der Waals surface area contributed by atoms with E-state index in [1.807, 2.05) is 24.3 Å².